The normalized spacial score (nSPS) is 18.7. The van der Waals surface area contributed by atoms with Crippen LogP contribution in [0.4, 0.5) is 0 Å². The van der Waals surface area contributed by atoms with Crippen molar-refractivity contribution in [2.45, 2.75) is 85.2 Å². The third-order valence-electron chi connectivity index (χ3n) is 9.78. The molecular formula is C44H62N2O6. The van der Waals surface area contributed by atoms with Crippen LogP contribution in [0.5, 0.6) is 28.7 Å². The van der Waals surface area contributed by atoms with E-state index in [2.05, 4.69) is 68.1 Å². The Labute approximate surface area is 313 Å². The lowest BCUT2D eigenvalue weighted by Crippen LogP contribution is -2.33. The summed E-state index contributed by atoms with van der Waals surface area (Å²) in [5.74, 6) is 3.48. The molecule has 2 aliphatic rings. The van der Waals surface area contributed by atoms with Crippen LogP contribution < -0.4 is 18.9 Å². The Balaban J connectivity index is 0.00000173. The minimum Gasteiger partial charge on any atom is -0.508 e. The molecule has 284 valence electrons. The molecule has 8 heteroatoms. The van der Waals surface area contributed by atoms with Crippen molar-refractivity contribution in [3.8, 4) is 28.7 Å². The molecule has 0 saturated heterocycles. The summed E-state index contributed by atoms with van der Waals surface area (Å²) < 4.78 is 24.8. The molecule has 0 radical (unpaired) electrons. The summed E-state index contributed by atoms with van der Waals surface area (Å²) in [6.45, 7) is 11.9. The average molecular weight is 715 g/mol. The van der Waals surface area contributed by atoms with Gasteiger partial charge in [-0.3, -0.25) is 9.80 Å². The van der Waals surface area contributed by atoms with E-state index in [1.54, 1.807) is 45.6 Å². The van der Waals surface area contributed by atoms with Crippen molar-refractivity contribution in [3.63, 3.8) is 0 Å². The number of rotatable bonds is 14. The molecule has 0 aliphatic carbocycles. The number of methoxy groups -OCH3 is 3. The van der Waals surface area contributed by atoms with Gasteiger partial charge in [0.25, 0.3) is 0 Å². The molecule has 8 nitrogen and oxygen atoms in total. The third-order valence-corrected chi connectivity index (χ3v) is 9.78. The molecule has 2 N–H and O–H groups in total. The molecule has 2 aromatic carbocycles. The molecule has 52 heavy (non-hydrogen) atoms. The summed E-state index contributed by atoms with van der Waals surface area (Å²) in [5.41, 5.74) is 5.70. The first-order valence-electron chi connectivity index (χ1n) is 18.5. The zero-order chi connectivity index (χ0) is 38.2. The van der Waals surface area contributed by atoms with E-state index >= 15 is 0 Å². The average Bonchev–Trinajstić information content (AvgIpc) is 3.15. The monoisotopic (exact) mass is 714 g/mol. The summed E-state index contributed by atoms with van der Waals surface area (Å²) >= 11 is 0. The molecule has 2 aromatic rings. The van der Waals surface area contributed by atoms with Crippen molar-refractivity contribution in [1.29, 1.82) is 0 Å². The zero-order valence-corrected chi connectivity index (χ0v) is 33.2. The predicted octanol–water partition coefficient (Wildman–Crippen LogP) is 10.7. The molecule has 4 rings (SSSR count). The van der Waals surface area contributed by atoms with Gasteiger partial charge < -0.3 is 29.2 Å². The van der Waals surface area contributed by atoms with Gasteiger partial charge >= 0.3 is 0 Å². The summed E-state index contributed by atoms with van der Waals surface area (Å²) in [6, 6.07) is 6.38. The maximum atomic E-state index is 10.1. The van der Waals surface area contributed by atoms with E-state index < -0.39 is 0 Å². The van der Waals surface area contributed by atoms with Gasteiger partial charge in [-0.1, -0.05) is 62.6 Å². The Bertz CT molecular complexity index is 1650. The van der Waals surface area contributed by atoms with Gasteiger partial charge in [0.05, 0.1) is 21.3 Å². The Hall–Kier alpha value is -4.40. The fourth-order valence-corrected chi connectivity index (χ4v) is 6.52. The van der Waals surface area contributed by atoms with E-state index in [0.717, 1.165) is 49.1 Å². The number of allylic oxidation sites excluding steroid dienone is 8. The fraction of sp³-hybridized carbons (Fsp3) is 0.455. The third kappa shape index (κ3) is 10.8. The van der Waals surface area contributed by atoms with Gasteiger partial charge in [0.2, 0.25) is 5.75 Å². The van der Waals surface area contributed by atoms with Gasteiger partial charge in [-0.05, 0) is 120 Å². The molecule has 2 atom stereocenters. The number of hydrogen-bond donors (Lipinski definition) is 2. The number of fused-ring (bicyclic) bond motifs is 2. The number of ether oxygens (including phenoxy) is 4. The smallest absolute Gasteiger partial charge is 0.204 e. The van der Waals surface area contributed by atoms with E-state index in [0.29, 0.717) is 35.2 Å². The van der Waals surface area contributed by atoms with E-state index in [9.17, 15) is 10.2 Å². The number of aliphatic hydroxyl groups excluding tert-OH is 2. The van der Waals surface area contributed by atoms with Crippen LogP contribution in [-0.2, 0) is 12.8 Å². The highest BCUT2D eigenvalue weighted by Crippen LogP contribution is 2.52. The Morgan fingerprint density at radius 1 is 0.750 bits per heavy atom. The quantitative estimate of drug-likeness (QED) is 0.148. The second kappa shape index (κ2) is 21.2. The molecule has 0 spiro atoms. The zero-order valence-electron chi connectivity index (χ0n) is 33.2. The van der Waals surface area contributed by atoms with Gasteiger partial charge in [-0.2, -0.15) is 0 Å². The SMILES string of the molecule is CCCC.C\C=C/C(O)=C\C=C\C[C@H]1c2cc(Oc3c(OC)c(OC)cc4c3[C@@H](CC(/C=C\C(O)=C\C)=C/C)N(C)CC4)c(OC)cc2CCN1C. The fourth-order valence-electron chi connectivity index (χ4n) is 6.52. The van der Waals surface area contributed by atoms with Gasteiger partial charge in [0, 0.05) is 30.7 Å². The van der Waals surface area contributed by atoms with E-state index in [1.807, 2.05) is 39.0 Å². The van der Waals surface area contributed by atoms with Crippen LogP contribution >= 0.6 is 0 Å². The summed E-state index contributed by atoms with van der Waals surface area (Å²) in [4.78, 5) is 4.70. The lowest BCUT2D eigenvalue weighted by Gasteiger charge is -2.37. The highest BCUT2D eigenvalue weighted by molar-refractivity contribution is 5.63. The highest BCUT2D eigenvalue weighted by atomic mass is 16.5. The largest absolute Gasteiger partial charge is 0.508 e. The van der Waals surface area contributed by atoms with Crippen LogP contribution in [0.25, 0.3) is 0 Å². The van der Waals surface area contributed by atoms with Gasteiger partial charge in [0.15, 0.2) is 23.0 Å². The number of unbranched alkanes of at least 4 members (excludes halogenated alkanes) is 1. The van der Waals surface area contributed by atoms with Crippen molar-refractivity contribution >= 4 is 0 Å². The number of nitrogens with zero attached hydrogens (tertiary/aromatic N) is 2. The molecule has 0 fully saturated rings. The lowest BCUT2D eigenvalue weighted by molar-refractivity contribution is 0.221. The maximum absolute atomic E-state index is 10.1. The Kier molecular flexibility index (Phi) is 17.1. The molecule has 0 saturated carbocycles. The van der Waals surface area contributed by atoms with Crippen molar-refractivity contribution in [2.24, 2.45) is 0 Å². The highest BCUT2D eigenvalue weighted by Gasteiger charge is 2.34. The van der Waals surface area contributed by atoms with E-state index in [4.69, 9.17) is 18.9 Å². The van der Waals surface area contributed by atoms with Crippen molar-refractivity contribution < 1.29 is 29.2 Å². The van der Waals surface area contributed by atoms with Crippen LogP contribution in [0.1, 0.15) is 94.6 Å². The first-order chi connectivity index (χ1) is 25.1. The number of benzene rings is 2. The maximum Gasteiger partial charge on any atom is 0.204 e. The number of likely N-dealkylation sites (N-methyl/N-ethyl adjacent to an activating group) is 2. The number of aliphatic hydroxyl groups is 2. The standard InChI is InChI=1S/C40H52N2O6.C4H10/c1-9-14-31(44)15-12-13-16-33-32-26-36(35(45-6)24-28(32)19-21-41(33)4)48-40-38-29(25-37(46-7)39(40)47-8)20-22-42(5)34(38)23-27(10-2)17-18-30(43)11-3;1-3-4-2/h9-15,17-18,24-26,33-34,43-44H,16,19-23H2,1-8H3;3-4H2,1-2H3/b13-12+,14-9-,18-17-,27-10+,30-11-,31-15+;/t33-,34+;/m0./s1. The molecule has 0 unspecified atom stereocenters. The molecule has 0 aromatic heterocycles. The topological polar surface area (TPSA) is 83.9 Å². The molecule has 2 aliphatic heterocycles. The van der Waals surface area contributed by atoms with Crippen LogP contribution in [0.15, 0.2) is 90.0 Å². The van der Waals surface area contributed by atoms with Crippen LogP contribution in [-0.4, -0.2) is 68.5 Å². The van der Waals surface area contributed by atoms with Gasteiger partial charge in [-0.15, -0.1) is 0 Å². The molecular weight excluding hydrogens is 652 g/mol. The molecule has 0 bridgehead atoms. The van der Waals surface area contributed by atoms with E-state index in [1.165, 1.54) is 24.0 Å². The summed E-state index contributed by atoms with van der Waals surface area (Å²) in [7, 11) is 9.24. The predicted molar refractivity (Wildman–Crippen MR) is 215 cm³/mol. The first-order valence-corrected chi connectivity index (χ1v) is 18.5. The Morgan fingerprint density at radius 2 is 1.40 bits per heavy atom. The lowest BCUT2D eigenvalue weighted by atomic mass is 9.87. The summed E-state index contributed by atoms with van der Waals surface area (Å²) in [6.07, 6.45) is 22.5. The van der Waals surface area contributed by atoms with Gasteiger partial charge in [0.1, 0.15) is 11.5 Å². The minimum atomic E-state index is -0.0215. The van der Waals surface area contributed by atoms with Crippen LogP contribution in [0.3, 0.4) is 0 Å². The first kappa shape index (κ1) is 42.0. The second-order valence-corrected chi connectivity index (χ2v) is 13.2. The van der Waals surface area contributed by atoms with E-state index in [-0.39, 0.29) is 23.6 Å². The summed E-state index contributed by atoms with van der Waals surface area (Å²) in [5, 5.41) is 20.1. The minimum absolute atomic E-state index is 0.0215. The van der Waals surface area contributed by atoms with Crippen molar-refractivity contribution in [1.82, 2.24) is 9.80 Å². The molecule has 0 amide bonds. The van der Waals surface area contributed by atoms with Crippen molar-refractivity contribution in [2.75, 3.05) is 48.5 Å². The second-order valence-electron chi connectivity index (χ2n) is 13.2. The van der Waals surface area contributed by atoms with Crippen LogP contribution in [0.2, 0.25) is 0 Å². The van der Waals surface area contributed by atoms with Crippen molar-refractivity contribution in [3.05, 3.63) is 112 Å². The van der Waals surface area contributed by atoms with Crippen LogP contribution in [0, 0.1) is 0 Å². The van der Waals surface area contributed by atoms with Gasteiger partial charge in [-0.25, -0.2) is 0 Å². The Morgan fingerprint density at radius 3 is 2.00 bits per heavy atom. The number of hydrogen-bond acceptors (Lipinski definition) is 8. The molecule has 2 heterocycles.